The number of hydrogen-bond acceptors (Lipinski definition) is 2. The number of fused-ring (bicyclic) bond motifs is 1. The molecule has 1 saturated heterocycles. The molecule has 24 heavy (non-hydrogen) atoms. The zero-order valence-electron chi connectivity index (χ0n) is 13.7. The van der Waals surface area contributed by atoms with Crippen molar-refractivity contribution in [1.29, 1.82) is 0 Å². The van der Waals surface area contributed by atoms with Gasteiger partial charge >= 0.3 is 0 Å². The highest BCUT2D eigenvalue weighted by molar-refractivity contribution is 5.94. The summed E-state index contributed by atoms with van der Waals surface area (Å²) in [4.78, 5) is 18.0. The average Bonchev–Trinajstić information content (AvgIpc) is 3.28. The zero-order valence-corrected chi connectivity index (χ0v) is 13.7. The fraction of sp³-hybridized carbons (Fsp3) is 0.250. The molecule has 1 unspecified atom stereocenters. The Hall–Kier alpha value is -2.75. The van der Waals surface area contributed by atoms with Gasteiger partial charge in [0.2, 0.25) is 0 Å². The highest BCUT2D eigenvalue weighted by Gasteiger charge is 2.29. The molecule has 2 heterocycles. The van der Waals surface area contributed by atoms with Gasteiger partial charge in [0.05, 0.1) is 7.11 Å². The molecule has 1 fully saturated rings. The lowest BCUT2D eigenvalue weighted by Crippen LogP contribution is -2.28. The van der Waals surface area contributed by atoms with Crippen molar-refractivity contribution in [3.63, 3.8) is 0 Å². The van der Waals surface area contributed by atoms with Gasteiger partial charge in [0.1, 0.15) is 5.75 Å². The van der Waals surface area contributed by atoms with E-state index >= 15 is 0 Å². The van der Waals surface area contributed by atoms with Gasteiger partial charge in [0, 0.05) is 41.7 Å². The molecule has 0 saturated carbocycles. The SMILES string of the molecule is COc1ccc(C(=O)N2CCC(c3c[nH]c4ccccc34)C2)cc1. The normalized spacial score (nSPS) is 17.4. The largest absolute Gasteiger partial charge is 0.497 e. The van der Waals surface area contributed by atoms with E-state index in [1.54, 1.807) is 7.11 Å². The summed E-state index contributed by atoms with van der Waals surface area (Å²) in [5.74, 6) is 1.26. The third-order valence-electron chi connectivity index (χ3n) is 4.87. The second kappa shape index (κ2) is 6.04. The van der Waals surface area contributed by atoms with Gasteiger partial charge in [-0.2, -0.15) is 0 Å². The summed E-state index contributed by atoms with van der Waals surface area (Å²) in [5, 5.41) is 1.27. The van der Waals surface area contributed by atoms with Crippen LogP contribution in [0.2, 0.25) is 0 Å². The standard InChI is InChI=1S/C20H20N2O2/c1-24-16-8-6-14(7-9-16)20(23)22-11-10-15(13-22)18-12-21-19-5-3-2-4-17(18)19/h2-9,12,15,21H,10-11,13H2,1H3. The fourth-order valence-electron chi connectivity index (χ4n) is 3.55. The molecule has 1 N–H and O–H groups in total. The van der Waals surface area contributed by atoms with Crippen molar-refractivity contribution in [2.45, 2.75) is 12.3 Å². The van der Waals surface area contributed by atoms with Gasteiger partial charge < -0.3 is 14.6 Å². The smallest absolute Gasteiger partial charge is 0.253 e. The molecule has 0 aliphatic carbocycles. The van der Waals surface area contributed by atoms with Crippen LogP contribution in [0.3, 0.4) is 0 Å². The lowest BCUT2D eigenvalue weighted by atomic mass is 9.98. The molecule has 1 aliphatic heterocycles. The van der Waals surface area contributed by atoms with E-state index in [0.717, 1.165) is 36.3 Å². The highest BCUT2D eigenvalue weighted by Crippen LogP contribution is 2.33. The van der Waals surface area contributed by atoms with E-state index in [2.05, 4.69) is 29.4 Å². The van der Waals surface area contributed by atoms with Crippen molar-refractivity contribution in [2.75, 3.05) is 20.2 Å². The number of ether oxygens (including phenoxy) is 1. The van der Waals surface area contributed by atoms with E-state index in [9.17, 15) is 4.79 Å². The summed E-state index contributed by atoms with van der Waals surface area (Å²) in [6.07, 6.45) is 3.10. The third-order valence-corrected chi connectivity index (χ3v) is 4.87. The summed E-state index contributed by atoms with van der Waals surface area (Å²) in [6.45, 7) is 1.57. The van der Waals surface area contributed by atoms with Crippen molar-refractivity contribution < 1.29 is 9.53 Å². The number of carbonyl (C=O) groups excluding carboxylic acids is 1. The second-order valence-electron chi connectivity index (χ2n) is 6.25. The molecule has 4 nitrogen and oxygen atoms in total. The second-order valence-corrected chi connectivity index (χ2v) is 6.25. The molecule has 0 bridgehead atoms. The number of benzene rings is 2. The predicted molar refractivity (Wildman–Crippen MR) is 94.6 cm³/mol. The van der Waals surface area contributed by atoms with Gasteiger partial charge in [-0.05, 0) is 42.3 Å². The van der Waals surface area contributed by atoms with Crippen LogP contribution in [-0.2, 0) is 0 Å². The lowest BCUT2D eigenvalue weighted by molar-refractivity contribution is 0.0791. The number of H-pyrrole nitrogens is 1. The Labute approximate surface area is 141 Å². The number of para-hydroxylation sites is 1. The van der Waals surface area contributed by atoms with Crippen LogP contribution in [0.25, 0.3) is 10.9 Å². The number of rotatable bonds is 3. The molecule has 1 aromatic heterocycles. The topological polar surface area (TPSA) is 45.3 Å². The van der Waals surface area contributed by atoms with Gasteiger partial charge in [-0.25, -0.2) is 0 Å². The first kappa shape index (κ1) is 14.8. The van der Waals surface area contributed by atoms with Crippen molar-refractivity contribution in [1.82, 2.24) is 9.88 Å². The third kappa shape index (κ3) is 2.54. The van der Waals surface area contributed by atoms with Crippen LogP contribution in [0.5, 0.6) is 5.75 Å². The van der Waals surface area contributed by atoms with E-state index in [1.165, 1.54) is 10.9 Å². The van der Waals surface area contributed by atoms with Crippen LogP contribution in [0.1, 0.15) is 28.3 Å². The maximum Gasteiger partial charge on any atom is 0.253 e. The molecule has 2 aromatic carbocycles. The van der Waals surface area contributed by atoms with Crippen LogP contribution in [0.4, 0.5) is 0 Å². The molecule has 122 valence electrons. The summed E-state index contributed by atoms with van der Waals surface area (Å²) in [7, 11) is 1.63. The van der Waals surface area contributed by atoms with E-state index in [4.69, 9.17) is 4.74 Å². The quantitative estimate of drug-likeness (QED) is 0.797. The van der Waals surface area contributed by atoms with Crippen molar-refractivity contribution in [3.8, 4) is 5.75 Å². The Kier molecular flexibility index (Phi) is 3.73. The molecule has 4 heteroatoms. The average molecular weight is 320 g/mol. The molecule has 0 radical (unpaired) electrons. The molecule has 1 atom stereocenters. The van der Waals surface area contributed by atoms with Crippen LogP contribution in [-0.4, -0.2) is 36.0 Å². The zero-order chi connectivity index (χ0) is 16.5. The predicted octanol–water partition coefficient (Wildman–Crippen LogP) is 3.81. The van der Waals surface area contributed by atoms with Gasteiger partial charge in [-0.1, -0.05) is 18.2 Å². The summed E-state index contributed by atoms with van der Waals surface area (Å²) in [6, 6.07) is 15.7. The van der Waals surface area contributed by atoms with Gasteiger partial charge in [-0.3, -0.25) is 4.79 Å². The number of likely N-dealkylation sites (tertiary alicyclic amines) is 1. The molecular weight excluding hydrogens is 300 g/mol. The molecule has 4 rings (SSSR count). The molecular formula is C20H20N2O2. The first-order chi connectivity index (χ1) is 11.8. The first-order valence-corrected chi connectivity index (χ1v) is 8.25. The maximum absolute atomic E-state index is 12.7. The van der Waals surface area contributed by atoms with E-state index < -0.39 is 0 Å². The Morgan fingerprint density at radius 3 is 2.75 bits per heavy atom. The Morgan fingerprint density at radius 1 is 1.17 bits per heavy atom. The molecule has 1 aliphatic rings. The Balaban J connectivity index is 1.52. The molecule has 3 aromatic rings. The van der Waals surface area contributed by atoms with E-state index in [1.807, 2.05) is 35.2 Å². The summed E-state index contributed by atoms with van der Waals surface area (Å²) in [5.41, 5.74) is 3.19. The number of methoxy groups -OCH3 is 1. The molecule has 1 amide bonds. The number of carbonyl (C=O) groups is 1. The van der Waals surface area contributed by atoms with E-state index in [-0.39, 0.29) is 5.91 Å². The van der Waals surface area contributed by atoms with E-state index in [0.29, 0.717) is 5.92 Å². The number of hydrogen-bond donors (Lipinski definition) is 1. The van der Waals surface area contributed by atoms with Crippen LogP contribution in [0.15, 0.2) is 54.7 Å². The maximum atomic E-state index is 12.7. The number of aromatic amines is 1. The minimum atomic E-state index is 0.0972. The van der Waals surface area contributed by atoms with Crippen molar-refractivity contribution in [2.24, 2.45) is 0 Å². The van der Waals surface area contributed by atoms with Crippen LogP contribution < -0.4 is 4.74 Å². The van der Waals surface area contributed by atoms with Crippen LogP contribution in [0, 0.1) is 0 Å². The number of amides is 1. The van der Waals surface area contributed by atoms with Crippen molar-refractivity contribution >= 4 is 16.8 Å². The molecule has 0 spiro atoms. The minimum absolute atomic E-state index is 0.0972. The van der Waals surface area contributed by atoms with Gasteiger partial charge in [-0.15, -0.1) is 0 Å². The fourth-order valence-corrected chi connectivity index (χ4v) is 3.55. The number of nitrogens with zero attached hydrogens (tertiary/aromatic N) is 1. The van der Waals surface area contributed by atoms with Gasteiger partial charge in [0.15, 0.2) is 0 Å². The first-order valence-electron chi connectivity index (χ1n) is 8.25. The monoisotopic (exact) mass is 320 g/mol. The number of aromatic nitrogens is 1. The van der Waals surface area contributed by atoms with Gasteiger partial charge in [0.25, 0.3) is 5.91 Å². The summed E-state index contributed by atoms with van der Waals surface area (Å²) >= 11 is 0. The summed E-state index contributed by atoms with van der Waals surface area (Å²) < 4.78 is 5.15. The highest BCUT2D eigenvalue weighted by atomic mass is 16.5. The minimum Gasteiger partial charge on any atom is -0.497 e. The Bertz CT molecular complexity index is 867. The Morgan fingerprint density at radius 2 is 1.96 bits per heavy atom. The van der Waals surface area contributed by atoms with Crippen LogP contribution >= 0.6 is 0 Å². The number of nitrogens with one attached hydrogen (secondary N) is 1. The lowest BCUT2D eigenvalue weighted by Gasteiger charge is -2.17. The van der Waals surface area contributed by atoms with Crippen molar-refractivity contribution in [3.05, 3.63) is 65.9 Å².